The number of carbonyl (C=O) groups excluding carboxylic acids is 1. The summed E-state index contributed by atoms with van der Waals surface area (Å²) in [7, 11) is 3.93. The van der Waals surface area contributed by atoms with Crippen LogP contribution in [0.3, 0.4) is 0 Å². The normalized spacial score (nSPS) is 12.3. The lowest BCUT2D eigenvalue weighted by Gasteiger charge is -2.23. The number of nitrogens with two attached hydrogens (primary N) is 1. The Morgan fingerprint density at radius 3 is 2.80 bits per heavy atom. The molecule has 3 aromatic rings. The summed E-state index contributed by atoms with van der Waals surface area (Å²) < 4.78 is 0. The summed E-state index contributed by atoms with van der Waals surface area (Å²) in [4.78, 5) is 18.6. The molecule has 2 amide bonds. The number of benzene rings is 1. The van der Waals surface area contributed by atoms with E-state index in [0.717, 1.165) is 16.5 Å². The molecule has 0 aliphatic carbocycles. The Labute approximate surface area is 145 Å². The third-order valence-electron chi connectivity index (χ3n) is 3.77. The minimum Gasteiger partial charge on any atom is -0.382 e. The minimum atomic E-state index is -0.324. The number of urea groups is 1. The Morgan fingerprint density at radius 1 is 1.32 bits per heavy atom. The maximum Gasteiger partial charge on any atom is 0.320 e. The van der Waals surface area contributed by atoms with Crippen molar-refractivity contribution >= 4 is 28.6 Å². The van der Waals surface area contributed by atoms with Crippen LogP contribution in [0.25, 0.3) is 10.9 Å². The van der Waals surface area contributed by atoms with Crippen molar-refractivity contribution in [2.75, 3.05) is 31.7 Å². The number of pyridine rings is 1. The van der Waals surface area contributed by atoms with E-state index in [1.807, 2.05) is 49.3 Å². The molecular formula is C17H21N7O. The van der Waals surface area contributed by atoms with E-state index in [0.29, 0.717) is 18.2 Å². The highest BCUT2D eigenvalue weighted by Crippen LogP contribution is 2.19. The van der Waals surface area contributed by atoms with Crippen LogP contribution in [0.1, 0.15) is 11.6 Å². The Morgan fingerprint density at radius 2 is 2.08 bits per heavy atom. The monoisotopic (exact) mass is 339 g/mol. The van der Waals surface area contributed by atoms with Crippen LogP contribution in [0.4, 0.5) is 16.4 Å². The van der Waals surface area contributed by atoms with E-state index in [1.165, 1.54) is 0 Å². The number of likely N-dealkylation sites (N-methyl/N-ethyl adjacent to an activating group) is 1. The second-order valence-corrected chi connectivity index (χ2v) is 6.05. The predicted octanol–water partition coefficient (Wildman–Crippen LogP) is 1.96. The van der Waals surface area contributed by atoms with Crippen molar-refractivity contribution < 1.29 is 4.79 Å². The van der Waals surface area contributed by atoms with Gasteiger partial charge in [0.2, 0.25) is 0 Å². The first-order chi connectivity index (χ1) is 12.0. The van der Waals surface area contributed by atoms with Gasteiger partial charge in [-0.25, -0.2) is 9.78 Å². The molecule has 0 spiro atoms. The number of fused-ring (bicyclic) bond motifs is 1. The molecule has 1 atom stereocenters. The van der Waals surface area contributed by atoms with Crippen LogP contribution in [-0.2, 0) is 0 Å². The second kappa shape index (κ2) is 7.18. The summed E-state index contributed by atoms with van der Waals surface area (Å²) >= 11 is 0. The highest BCUT2D eigenvalue weighted by Gasteiger charge is 2.16. The SMILES string of the molecule is CN(C)C[C@H](NC(=O)Nc1cc2[nH]nc(N)c2cn1)c1ccccc1. The fraction of sp³-hybridized carbons (Fsp3) is 0.235. The first-order valence-electron chi connectivity index (χ1n) is 7.89. The number of hydrogen-bond acceptors (Lipinski definition) is 5. The third kappa shape index (κ3) is 4.04. The maximum atomic E-state index is 12.4. The summed E-state index contributed by atoms with van der Waals surface area (Å²) in [6.45, 7) is 0.682. The standard InChI is InChI=1S/C17H21N7O/c1-24(2)10-14(11-6-4-3-5-7-11)20-17(25)21-15-8-13-12(9-19-15)16(18)23-22-13/h3-9,14H,10H2,1-2H3,(H3,18,22,23)(H2,19,20,21,25)/t14-/m0/s1. The smallest absolute Gasteiger partial charge is 0.320 e. The molecule has 25 heavy (non-hydrogen) atoms. The molecule has 8 heteroatoms. The van der Waals surface area contributed by atoms with Gasteiger partial charge in [-0.05, 0) is 19.7 Å². The van der Waals surface area contributed by atoms with Gasteiger partial charge < -0.3 is 16.0 Å². The molecule has 1 aromatic carbocycles. The molecule has 5 N–H and O–H groups in total. The van der Waals surface area contributed by atoms with Crippen LogP contribution in [-0.4, -0.2) is 46.8 Å². The van der Waals surface area contributed by atoms with E-state index in [9.17, 15) is 4.79 Å². The van der Waals surface area contributed by atoms with E-state index < -0.39 is 0 Å². The quantitative estimate of drug-likeness (QED) is 0.568. The number of aromatic amines is 1. The van der Waals surface area contributed by atoms with Crippen molar-refractivity contribution in [1.29, 1.82) is 0 Å². The molecule has 0 radical (unpaired) electrons. The number of nitrogens with zero attached hydrogens (tertiary/aromatic N) is 3. The fourth-order valence-corrected chi connectivity index (χ4v) is 2.60. The van der Waals surface area contributed by atoms with Gasteiger partial charge >= 0.3 is 6.03 Å². The summed E-state index contributed by atoms with van der Waals surface area (Å²) in [5.41, 5.74) is 7.47. The van der Waals surface area contributed by atoms with Gasteiger partial charge in [0.15, 0.2) is 5.82 Å². The van der Waals surface area contributed by atoms with E-state index in [4.69, 9.17) is 5.73 Å². The molecular weight excluding hydrogens is 318 g/mol. The number of H-pyrrole nitrogens is 1. The van der Waals surface area contributed by atoms with Gasteiger partial charge in [0.05, 0.1) is 16.9 Å². The van der Waals surface area contributed by atoms with Gasteiger partial charge in [0.25, 0.3) is 0 Å². The number of anilines is 2. The average molecular weight is 339 g/mol. The zero-order valence-electron chi connectivity index (χ0n) is 14.2. The van der Waals surface area contributed by atoms with Gasteiger partial charge in [-0.15, -0.1) is 0 Å². The lowest BCUT2D eigenvalue weighted by atomic mass is 10.1. The van der Waals surface area contributed by atoms with E-state index in [1.54, 1.807) is 12.3 Å². The summed E-state index contributed by atoms with van der Waals surface area (Å²) in [5.74, 6) is 0.805. The van der Waals surface area contributed by atoms with Crippen molar-refractivity contribution in [2.24, 2.45) is 0 Å². The van der Waals surface area contributed by atoms with E-state index >= 15 is 0 Å². The first-order valence-corrected chi connectivity index (χ1v) is 7.89. The minimum absolute atomic E-state index is 0.136. The number of nitrogens with one attached hydrogen (secondary N) is 3. The number of carbonyl (C=O) groups is 1. The molecule has 0 bridgehead atoms. The lowest BCUT2D eigenvalue weighted by molar-refractivity contribution is 0.244. The topological polar surface area (TPSA) is 112 Å². The first kappa shape index (κ1) is 16.7. The molecule has 0 unspecified atom stereocenters. The molecule has 0 aliphatic rings. The average Bonchev–Trinajstić information content (AvgIpc) is 2.95. The van der Waals surface area contributed by atoms with E-state index in [-0.39, 0.29) is 12.1 Å². The highest BCUT2D eigenvalue weighted by molar-refractivity contribution is 5.93. The number of rotatable bonds is 5. The zero-order valence-corrected chi connectivity index (χ0v) is 14.2. The molecule has 0 aliphatic heterocycles. The zero-order chi connectivity index (χ0) is 17.8. The summed E-state index contributed by atoms with van der Waals surface area (Å²) in [6, 6.07) is 11.1. The van der Waals surface area contributed by atoms with Crippen molar-refractivity contribution in [2.45, 2.75) is 6.04 Å². The van der Waals surface area contributed by atoms with Crippen molar-refractivity contribution in [3.05, 3.63) is 48.2 Å². The molecule has 2 aromatic heterocycles. The number of aromatic nitrogens is 3. The van der Waals surface area contributed by atoms with Crippen molar-refractivity contribution in [1.82, 2.24) is 25.4 Å². The number of hydrogen-bond donors (Lipinski definition) is 4. The Hall–Kier alpha value is -3.13. The van der Waals surface area contributed by atoms with Crippen molar-refractivity contribution in [3.63, 3.8) is 0 Å². The van der Waals surface area contributed by atoms with Crippen molar-refractivity contribution in [3.8, 4) is 0 Å². The summed E-state index contributed by atoms with van der Waals surface area (Å²) in [6.07, 6.45) is 1.58. The summed E-state index contributed by atoms with van der Waals surface area (Å²) in [5, 5.41) is 13.2. The van der Waals surface area contributed by atoms with Gasteiger partial charge in [-0.2, -0.15) is 5.10 Å². The molecule has 0 saturated carbocycles. The van der Waals surface area contributed by atoms with Gasteiger partial charge in [0, 0.05) is 18.8 Å². The molecule has 0 fully saturated rings. The van der Waals surface area contributed by atoms with Crippen LogP contribution in [0.5, 0.6) is 0 Å². The number of amides is 2. The van der Waals surface area contributed by atoms with Gasteiger partial charge in [0.1, 0.15) is 5.82 Å². The Bertz CT molecular complexity index is 860. The fourth-order valence-electron chi connectivity index (χ4n) is 2.60. The molecule has 8 nitrogen and oxygen atoms in total. The second-order valence-electron chi connectivity index (χ2n) is 6.05. The van der Waals surface area contributed by atoms with Gasteiger partial charge in [-0.1, -0.05) is 30.3 Å². The van der Waals surface area contributed by atoms with Crippen LogP contribution in [0, 0.1) is 0 Å². The predicted molar refractivity (Wildman–Crippen MR) is 98.2 cm³/mol. The molecule has 0 saturated heterocycles. The number of nitrogen functional groups attached to an aromatic ring is 1. The van der Waals surface area contributed by atoms with Crippen LogP contribution in [0.15, 0.2) is 42.6 Å². The largest absolute Gasteiger partial charge is 0.382 e. The molecule has 3 rings (SSSR count). The third-order valence-corrected chi connectivity index (χ3v) is 3.77. The Kier molecular flexibility index (Phi) is 4.80. The van der Waals surface area contributed by atoms with Gasteiger partial charge in [-0.3, -0.25) is 10.4 Å². The molecule has 2 heterocycles. The Balaban J connectivity index is 1.72. The maximum absolute atomic E-state index is 12.4. The van der Waals surface area contributed by atoms with Crippen LogP contribution >= 0.6 is 0 Å². The highest BCUT2D eigenvalue weighted by atomic mass is 16.2. The lowest BCUT2D eigenvalue weighted by Crippen LogP contribution is -2.37. The molecule has 130 valence electrons. The van der Waals surface area contributed by atoms with Crippen LogP contribution < -0.4 is 16.4 Å². The van der Waals surface area contributed by atoms with Crippen LogP contribution in [0.2, 0.25) is 0 Å². The van der Waals surface area contributed by atoms with E-state index in [2.05, 4.69) is 25.8 Å².